The molecule has 0 aliphatic rings. The van der Waals surface area contributed by atoms with Gasteiger partial charge in [0, 0.05) is 22.8 Å². The smallest absolute Gasteiger partial charge is 0.126 e. The Morgan fingerprint density at radius 2 is 2.16 bits per heavy atom. The molecule has 0 amide bonds. The minimum absolute atomic E-state index is 0.604. The maximum atomic E-state index is 8.45. The molecule has 3 nitrogen and oxygen atoms in total. The maximum Gasteiger partial charge on any atom is 0.126 e. The number of aromatic nitrogens is 1. The van der Waals surface area contributed by atoms with Gasteiger partial charge < -0.3 is 5.32 Å². The van der Waals surface area contributed by atoms with Crippen molar-refractivity contribution < 1.29 is 0 Å². The number of fused-ring (bicyclic) bond motifs is 1. The van der Waals surface area contributed by atoms with Gasteiger partial charge in [-0.15, -0.1) is 0 Å². The summed E-state index contributed by atoms with van der Waals surface area (Å²) in [5.41, 5.74) is 0.798. The first kappa shape index (κ1) is 14.1. The van der Waals surface area contributed by atoms with Crippen molar-refractivity contribution in [2.75, 3.05) is 11.9 Å². The fourth-order valence-electron chi connectivity index (χ4n) is 1.80. The number of halogens is 2. The van der Waals surface area contributed by atoms with Crippen molar-refractivity contribution >= 4 is 44.3 Å². The van der Waals surface area contributed by atoms with Gasteiger partial charge in [0.25, 0.3) is 0 Å². The van der Waals surface area contributed by atoms with Crippen LogP contribution in [0.3, 0.4) is 0 Å². The largest absolute Gasteiger partial charge is 0.370 e. The SMILES string of the molecule is N#CCCCCNc1ccc2cc(Br)cc(Cl)c2n1. The Bertz CT molecular complexity index is 622. The van der Waals surface area contributed by atoms with Crippen LogP contribution < -0.4 is 5.32 Å². The normalized spacial score (nSPS) is 10.4. The number of nitrogens with one attached hydrogen (secondary N) is 1. The van der Waals surface area contributed by atoms with Crippen molar-refractivity contribution in [1.82, 2.24) is 4.98 Å². The molecule has 0 spiro atoms. The summed E-state index contributed by atoms with van der Waals surface area (Å²) < 4.78 is 0.948. The van der Waals surface area contributed by atoms with Gasteiger partial charge in [-0.05, 0) is 37.1 Å². The molecule has 1 N–H and O–H groups in total. The van der Waals surface area contributed by atoms with Crippen LogP contribution in [0, 0.1) is 11.3 Å². The first-order valence-electron chi connectivity index (χ1n) is 6.07. The van der Waals surface area contributed by atoms with Crippen molar-refractivity contribution in [1.29, 1.82) is 5.26 Å². The van der Waals surface area contributed by atoms with Crippen LogP contribution in [0.4, 0.5) is 5.82 Å². The Balaban J connectivity index is 2.07. The molecule has 0 bridgehead atoms. The topological polar surface area (TPSA) is 48.7 Å². The van der Waals surface area contributed by atoms with E-state index >= 15 is 0 Å². The Morgan fingerprint density at radius 1 is 1.32 bits per heavy atom. The lowest BCUT2D eigenvalue weighted by Crippen LogP contribution is -2.03. The monoisotopic (exact) mass is 337 g/mol. The number of unbranched alkanes of at least 4 members (excludes halogenated alkanes) is 2. The van der Waals surface area contributed by atoms with Crippen molar-refractivity contribution in [3.05, 3.63) is 33.8 Å². The van der Waals surface area contributed by atoms with Gasteiger partial charge in [0.2, 0.25) is 0 Å². The molecule has 0 atom stereocenters. The predicted octanol–water partition coefficient (Wildman–Crippen LogP) is 4.76. The molecule has 1 aromatic heterocycles. The van der Waals surface area contributed by atoms with E-state index in [1.807, 2.05) is 24.3 Å². The third-order valence-corrected chi connectivity index (χ3v) is 3.48. The highest BCUT2D eigenvalue weighted by atomic mass is 79.9. The second-order valence-electron chi connectivity index (χ2n) is 4.20. The van der Waals surface area contributed by atoms with Gasteiger partial charge >= 0.3 is 0 Å². The Morgan fingerprint density at radius 3 is 2.95 bits per heavy atom. The van der Waals surface area contributed by atoms with Gasteiger partial charge in [0.15, 0.2) is 0 Å². The van der Waals surface area contributed by atoms with Crippen LogP contribution in [0.25, 0.3) is 10.9 Å². The lowest BCUT2D eigenvalue weighted by Gasteiger charge is -2.07. The average molecular weight is 339 g/mol. The summed E-state index contributed by atoms with van der Waals surface area (Å²) in [6, 6.07) is 9.91. The number of hydrogen-bond donors (Lipinski definition) is 1. The van der Waals surface area contributed by atoms with Crippen LogP contribution in [0.5, 0.6) is 0 Å². The lowest BCUT2D eigenvalue weighted by molar-refractivity contribution is 0.783. The third-order valence-electron chi connectivity index (χ3n) is 2.73. The van der Waals surface area contributed by atoms with Crippen LogP contribution in [0.15, 0.2) is 28.7 Å². The lowest BCUT2D eigenvalue weighted by atomic mass is 10.2. The van der Waals surface area contributed by atoms with Crippen molar-refractivity contribution in [2.24, 2.45) is 0 Å². The maximum absolute atomic E-state index is 8.45. The second-order valence-corrected chi connectivity index (χ2v) is 5.52. The van der Waals surface area contributed by atoms with Gasteiger partial charge in [-0.2, -0.15) is 5.26 Å². The summed E-state index contributed by atoms with van der Waals surface area (Å²) in [5, 5.41) is 13.3. The Hall–Kier alpha value is -1.31. The number of pyridine rings is 1. The van der Waals surface area contributed by atoms with E-state index in [-0.39, 0.29) is 0 Å². The second kappa shape index (κ2) is 6.74. The van der Waals surface area contributed by atoms with E-state index in [1.54, 1.807) is 0 Å². The molecule has 0 radical (unpaired) electrons. The van der Waals surface area contributed by atoms with Gasteiger partial charge in [0.05, 0.1) is 16.6 Å². The van der Waals surface area contributed by atoms with Crippen LogP contribution in [0.2, 0.25) is 5.02 Å². The van der Waals surface area contributed by atoms with E-state index in [0.717, 1.165) is 40.6 Å². The van der Waals surface area contributed by atoms with Gasteiger partial charge in [-0.25, -0.2) is 4.98 Å². The molecule has 1 heterocycles. The van der Waals surface area contributed by atoms with Crippen molar-refractivity contribution in [3.8, 4) is 6.07 Å². The average Bonchev–Trinajstić information content (AvgIpc) is 2.39. The summed E-state index contributed by atoms with van der Waals surface area (Å²) in [7, 11) is 0. The fourth-order valence-corrected chi connectivity index (χ4v) is 2.68. The summed E-state index contributed by atoms with van der Waals surface area (Å²) in [6.07, 6.45) is 2.47. The highest BCUT2D eigenvalue weighted by Gasteiger charge is 2.04. The molecule has 0 fully saturated rings. The quantitative estimate of drug-likeness (QED) is 0.800. The first-order valence-corrected chi connectivity index (χ1v) is 7.24. The van der Waals surface area contributed by atoms with Crippen LogP contribution >= 0.6 is 27.5 Å². The first-order chi connectivity index (χ1) is 9.20. The zero-order valence-corrected chi connectivity index (χ0v) is 12.6. The number of nitrogens with zero attached hydrogens (tertiary/aromatic N) is 2. The number of nitriles is 1. The summed E-state index contributed by atoms with van der Waals surface area (Å²) >= 11 is 9.59. The molecule has 0 saturated carbocycles. The molecule has 2 aromatic rings. The predicted molar refractivity (Wildman–Crippen MR) is 82.4 cm³/mol. The molecule has 0 aliphatic heterocycles. The molecule has 5 heteroatoms. The Kier molecular flexibility index (Phi) is 5.00. The number of rotatable bonds is 5. The summed E-state index contributed by atoms with van der Waals surface area (Å²) in [6.45, 7) is 0.814. The third kappa shape index (κ3) is 3.82. The molecule has 0 unspecified atom stereocenters. The fraction of sp³-hybridized carbons (Fsp3) is 0.286. The van der Waals surface area contributed by atoms with Crippen molar-refractivity contribution in [2.45, 2.75) is 19.3 Å². The van der Waals surface area contributed by atoms with E-state index < -0.39 is 0 Å². The molecule has 19 heavy (non-hydrogen) atoms. The number of benzene rings is 1. The number of hydrogen-bond acceptors (Lipinski definition) is 3. The highest BCUT2D eigenvalue weighted by molar-refractivity contribution is 9.10. The van der Waals surface area contributed by atoms with E-state index in [4.69, 9.17) is 16.9 Å². The standard InChI is InChI=1S/C14H13BrClN3/c15-11-8-10-4-5-13(18-7-3-1-2-6-17)19-14(10)12(16)9-11/h4-5,8-9H,1-3,7H2,(H,18,19). The van der Waals surface area contributed by atoms with E-state index in [9.17, 15) is 0 Å². The zero-order valence-electron chi connectivity index (χ0n) is 10.3. The molecule has 98 valence electrons. The van der Waals surface area contributed by atoms with Crippen LogP contribution in [-0.4, -0.2) is 11.5 Å². The van der Waals surface area contributed by atoms with Gasteiger partial charge in [-0.3, -0.25) is 0 Å². The van der Waals surface area contributed by atoms with E-state index in [0.29, 0.717) is 11.4 Å². The minimum Gasteiger partial charge on any atom is -0.370 e. The van der Waals surface area contributed by atoms with Gasteiger partial charge in [-0.1, -0.05) is 27.5 Å². The minimum atomic E-state index is 0.604. The van der Waals surface area contributed by atoms with Crippen LogP contribution in [-0.2, 0) is 0 Å². The molecule has 0 saturated heterocycles. The molecular formula is C14H13BrClN3. The highest BCUT2D eigenvalue weighted by Crippen LogP contribution is 2.27. The van der Waals surface area contributed by atoms with E-state index in [1.165, 1.54) is 0 Å². The molecule has 1 aromatic carbocycles. The zero-order chi connectivity index (χ0) is 13.7. The molecule has 2 rings (SSSR count). The molecular weight excluding hydrogens is 326 g/mol. The van der Waals surface area contributed by atoms with E-state index in [2.05, 4.69) is 32.3 Å². The van der Waals surface area contributed by atoms with Gasteiger partial charge in [0.1, 0.15) is 5.82 Å². The Labute approximate surface area is 125 Å². The summed E-state index contributed by atoms with van der Waals surface area (Å²) in [4.78, 5) is 4.50. The van der Waals surface area contributed by atoms with Crippen LogP contribution in [0.1, 0.15) is 19.3 Å². The summed E-state index contributed by atoms with van der Waals surface area (Å²) in [5.74, 6) is 0.814. The molecule has 0 aliphatic carbocycles. The van der Waals surface area contributed by atoms with Crippen molar-refractivity contribution in [3.63, 3.8) is 0 Å². The number of anilines is 1.